The molecule has 0 aliphatic carbocycles. The summed E-state index contributed by atoms with van der Waals surface area (Å²) >= 11 is 0. The Labute approximate surface area is 110 Å². The molecule has 1 aromatic carbocycles. The first-order valence-electron chi connectivity index (χ1n) is 6.85. The minimum absolute atomic E-state index is 0.453. The Morgan fingerprint density at radius 1 is 1.33 bits per heavy atom. The van der Waals surface area contributed by atoms with Crippen LogP contribution >= 0.6 is 0 Å². The van der Waals surface area contributed by atoms with Crippen LogP contribution in [0.4, 0.5) is 5.69 Å². The van der Waals surface area contributed by atoms with Gasteiger partial charge < -0.3 is 15.0 Å². The van der Waals surface area contributed by atoms with Crippen LogP contribution in [0.1, 0.15) is 18.4 Å². The fourth-order valence-corrected chi connectivity index (χ4v) is 2.29. The molecule has 1 heterocycles. The molecule has 1 saturated heterocycles. The molecule has 18 heavy (non-hydrogen) atoms. The van der Waals surface area contributed by atoms with E-state index in [1.165, 1.54) is 24.1 Å². The fourth-order valence-electron chi connectivity index (χ4n) is 2.29. The number of hydrogen-bond acceptors (Lipinski definition) is 3. The van der Waals surface area contributed by atoms with Crippen molar-refractivity contribution in [3.8, 4) is 0 Å². The van der Waals surface area contributed by atoms with E-state index in [0.717, 1.165) is 26.2 Å². The van der Waals surface area contributed by atoms with Crippen LogP contribution in [0.2, 0.25) is 0 Å². The van der Waals surface area contributed by atoms with Crippen LogP contribution in [0, 0.1) is 6.92 Å². The van der Waals surface area contributed by atoms with Crippen LogP contribution in [0.15, 0.2) is 24.3 Å². The van der Waals surface area contributed by atoms with E-state index in [1.807, 2.05) is 0 Å². The van der Waals surface area contributed by atoms with E-state index in [4.69, 9.17) is 4.74 Å². The van der Waals surface area contributed by atoms with Gasteiger partial charge in [-0.15, -0.1) is 0 Å². The van der Waals surface area contributed by atoms with Crippen LogP contribution in [-0.4, -0.2) is 44.3 Å². The van der Waals surface area contributed by atoms with E-state index in [1.54, 1.807) is 0 Å². The van der Waals surface area contributed by atoms with E-state index in [2.05, 4.69) is 48.5 Å². The number of nitrogens with zero attached hydrogens (tertiary/aromatic N) is 1. The number of hydrogen-bond donors (Lipinski definition) is 1. The molecule has 1 unspecified atom stereocenters. The first-order chi connectivity index (χ1) is 8.74. The molecule has 0 spiro atoms. The number of aryl methyl sites for hydroxylation is 1. The number of likely N-dealkylation sites (N-methyl/N-ethyl adjacent to an activating group) is 1. The third-order valence-corrected chi connectivity index (χ3v) is 3.41. The SMILES string of the molecule is Cc1ccc(NCCN(C)CC2CCCO2)cc1. The standard InChI is InChI=1S/C15H24N2O/c1-13-5-7-14(8-6-13)16-9-10-17(2)12-15-4-3-11-18-15/h5-8,15-16H,3-4,9-12H2,1-2H3. The summed E-state index contributed by atoms with van der Waals surface area (Å²) in [7, 11) is 2.17. The zero-order chi connectivity index (χ0) is 12.8. The largest absolute Gasteiger partial charge is 0.384 e. The predicted molar refractivity (Wildman–Crippen MR) is 76.1 cm³/mol. The van der Waals surface area contributed by atoms with Crippen LogP contribution in [-0.2, 0) is 4.74 Å². The lowest BCUT2D eigenvalue weighted by Gasteiger charge is -2.20. The Hall–Kier alpha value is -1.06. The molecular weight excluding hydrogens is 224 g/mol. The van der Waals surface area contributed by atoms with Crippen molar-refractivity contribution in [2.75, 3.05) is 38.6 Å². The summed E-state index contributed by atoms with van der Waals surface area (Å²) in [6.07, 6.45) is 2.89. The molecule has 1 aliphatic rings. The summed E-state index contributed by atoms with van der Waals surface area (Å²) in [5.74, 6) is 0. The second-order valence-electron chi connectivity index (χ2n) is 5.19. The van der Waals surface area contributed by atoms with Crippen LogP contribution in [0.5, 0.6) is 0 Å². The number of nitrogens with one attached hydrogen (secondary N) is 1. The second-order valence-corrected chi connectivity index (χ2v) is 5.19. The Morgan fingerprint density at radius 2 is 2.11 bits per heavy atom. The summed E-state index contributed by atoms with van der Waals surface area (Å²) in [5.41, 5.74) is 2.50. The Kier molecular flexibility index (Phi) is 5.02. The highest BCUT2D eigenvalue weighted by atomic mass is 16.5. The number of anilines is 1. The molecule has 3 heteroatoms. The third-order valence-electron chi connectivity index (χ3n) is 3.41. The normalized spacial score (nSPS) is 19.4. The van der Waals surface area contributed by atoms with E-state index < -0.39 is 0 Å². The smallest absolute Gasteiger partial charge is 0.0702 e. The Morgan fingerprint density at radius 3 is 2.78 bits per heavy atom. The fraction of sp³-hybridized carbons (Fsp3) is 0.600. The average Bonchev–Trinajstić information content (AvgIpc) is 2.84. The van der Waals surface area contributed by atoms with Crippen molar-refractivity contribution < 1.29 is 4.74 Å². The van der Waals surface area contributed by atoms with Gasteiger partial charge in [0.2, 0.25) is 0 Å². The number of ether oxygens (including phenoxy) is 1. The van der Waals surface area contributed by atoms with Crippen molar-refractivity contribution >= 4 is 5.69 Å². The monoisotopic (exact) mass is 248 g/mol. The van der Waals surface area contributed by atoms with Gasteiger partial charge in [0.25, 0.3) is 0 Å². The topological polar surface area (TPSA) is 24.5 Å². The van der Waals surface area contributed by atoms with Gasteiger partial charge in [-0.3, -0.25) is 0 Å². The maximum Gasteiger partial charge on any atom is 0.0702 e. The second kappa shape index (κ2) is 6.76. The Balaban J connectivity index is 1.63. The molecule has 0 saturated carbocycles. The average molecular weight is 248 g/mol. The summed E-state index contributed by atoms with van der Waals surface area (Å²) in [5, 5.41) is 3.45. The van der Waals surface area contributed by atoms with Gasteiger partial charge in [-0.05, 0) is 38.9 Å². The van der Waals surface area contributed by atoms with Gasteiger partial charge in [0.05, 0.1) is 6.10 Å². The van der Waals surface area contributed by atoms with Gasteiger partial charge in [-0.25, -0.2) is 0 Å². The summed E-state index contributed by atoms with van der Waals surface area (Å²) in [4.78, 5) is 2.34. The number of benzene rings is 1. The first kappa shape index (κ1) is 13.4. The zero-order valence-corrected chi connectivity index (χ0v) is 11.5. The molecule has 100 valence electrons. The van der Waals surface area contributed by atoms with Gasteiger partial charge in [-0.2, -0.15) is 0 Å². The summed E-state index contributed by atoms with van der Waals surface area (Å²) < 4.78 is 5.64. The molecule has 3 nitrogen and oxygen atoms in total. The third kappa shape index (κ3) is 4.31. The molecule has 0 radical (unpaired) electrons. The lowest BCUT2D eigenvalue weighted by Crippen LogP contribution is -2.32. The molecule has 1 atom stereocenters. The van der Waals surface area contributed by atoms with Gasteiger partial charge in [0.1, 0.15) is 0 Å². The van der Waals surface area contributed by atoms with E-state index in [9.17, 15) is 0 Å². The van der Waals surface area contributed by atoms with Crippen LogP contribution in [0.25, 0.3) is 0 Å². The molecule has 1 N–H and O–H groups in total. The van der Waals surface area contributed by atoms with E-state index in [0.29, 0.717) is 6.10 Å². The molecule has 2 rings (SSSR count). The van der Waals surface area contributed by atoms with Crippen molar-refractivity contribution in [1.29, 1.82) is 0 Å². The van der Waals surface area contributed by atoms with E-state index in [-0.39, 0.29) is 0 Å². The first-order valence-corrected chi connectivity index (χ1v) is 6.85. The summed E-state index contributed by atoms with van der Waals surface area (Å²) in [6.45, 7) is 6.13. The molecule has 1 fully saturated rings. The Bertz CT molecular complexity index is 344. The van der Waals surface area contributed by atoms with Crippen molar-refractivity contribution in [2.45, 2.75) is 25.9 Å². The quantitative estimate of drug-likeness (QED) is 0.837. The highest BCUT2D eigenvalue weighted by molar-refractivity contribution is 5.44. The summed E-state index contributed by atoms with van der Waals surface area (Å²) in [6, 6.07) is 8.54. The maximum atomic E-state index is 5.64. The molecule has 1 aromatic rings. The highest BCUT2D eigenvalue weighted by Crippen LogP contribution is 2.12. The minimum atomic E-state index is 0.453. The van der Waals surface area contributed by atoms with Crippen molar-refractivity contribution in [3.63, 3.8) is 0 Å². The lowest BCUT2D eigenvalue weighted by atomic mass is 10.2. The highest BCUT2D eigenvalue weighted by Gasteiger charge is 2.16. The van der Waals surface area contributed by atoms with Crippen molar-refractivity contribution in [2.24, 2.45) is 0 Å². The molecular formula is C15H24N2O. The van der Waals surface area contributed by atoms with Crippen molar-refractivity contribution in [3.05, 3.63) is 29.8 Å². The maximum absolute atomic E-state index is 5.64. The molecule has 1 aliphatic heterocycles. The van der Waals surface area contributed by atoms with Gasteiger partial charge in [0, 0.05) is 31.9 Å². The van der Waals surface area contributed by atoms with Gasteiger partial charge in [0.15, 0.2) is 0 Å². The van der Waals surface area contributed by atoms with Crippen molar-refractivity contribution in [1.82, 2.24) is 4.90 Å². The van der Waals surface area contributed by atoms with Gasteiger partial charge >= 0.3 is 0 Å². The molecule has 0 amide bonds. The predicted octanol–water partition coefficient (Wildman–Crippen LogP) is 2.52. The minimum Gasteiger partial charge on any atom is -0.384 e. The zero-order valence-electron chi connectivity index (χ0n) is 11.5. The van der Waals surface area contributed by atoms with Crippen LogP contribution < -0.4 is 5.32 Å². The molecule has 0 aromatic heterocycles. The lowest BCUT2D eigenvalue weighted by molar-refractivity contribution is 0.0823. The van der Waals surface area contributed by atoms with E-state index >= 15 is 0 Å². The number of rotatable bonds is 6. The van der Waals surface area contributed by atoms with Crippen LogP contribution in [0.3, 0.4) is 0 Å². The molecule has 0 bridgehead atoms. The van der Waals surface area contributed by atoms with Gasteiger partial charge in [-0.1, -0.05) is 17.7 Å².